The van der Waals surface area contributed by atoms with Gasteiger partial charge in [0.15, 0.2) is 0 Å². The van der Waals surface area contributed by atoms with E-state index in [2.05, 4.69) is 21.3 Å². The molecule has 0 aliphatic heterocycles. The summed E-state index contributed by atoms with van der Waals surface area (Å²) >= 11 is 0. The normalized spacial score (nSPS) is 24.3. The predicted molar refractivity (Wildman–Crippen MR) is 127 cm³/mol. The van der Waals surface area contributed by atoms with Gasteiger partial charge in [0.1, 0.15) is 0 Å². The minimum absolute atomic E-state index is 0.179. The van der Waals surface area contributed by atoms with Gasteiger partial charge in [0.05, 0.1) is 24.3 Å². The Morgan fingerprint density at radius 3 is 1.39 bits per heavy atom. The molecule has 6 N–H and O–H groups in total. The first-order chi connectivity index (χ1) is 16.0. The average molecular weight is 453 g/mol. The second kappa shape index (κ2) is 10.7. The molecular formula is C25H32N4O4. The van der Waals surface area contributed by atoms with Crippen LogP contribution in [0.15, 0.2) is 48.5 Å². The third-order valence-electron chi connectivity index (χ3n) is 6.42. The van der Waals surface area contributed by atoms with Gasteiger partial charge in [-0.05, 0) is 80.3 Å². The summed E-state index contributed by atoms with van der Waals surface area (Å²) in [5.74, 6) is 0. The molecule has 4 atom stereocenters. The zero-order valence-electron chi connectivity index (χ0n) is 18.6. The summed E-state index contributed by atoms with van der Waals surface area (Å²) in [4.78, 5) is 24.3. The number of benzene rings is 2. The molecule has 0 heterocycles. The lowest BCUT2D eigenvalue weighted by atomic mass is 10.0. The molecule has 0 saturated heterocycles. The van der Waals surface area contributed by atoms with Crippen molar-refractivity contribution in [1.29, 1.82) is 0 Å². The Balaban J connectivity index is 1.24. The summed E-state index contributed by atoms with van der Waals surface area (Å²) in [5, 5.41) is 30.9. The van der Waals surface area contributed by atoms with Crippen molar-refractivity contribution in [2.75, 3.05) is 10.6 Å². The molecule has 2 aliphatic carbocycles. The number of amides is 4. The number of carbonyl (C=O) groups excluding carboxylic acids is 2. The van der Waals surface area contributed by atoms with Gasteiger partial charge in [-0.2, -0.15) is 0 Å². The summed E-state index contributed by atoms with van der Waals surface area (Å²) < 4.78 is 0. The quantitative estimate of drug-likeness (QED) is 0.402. The Kier molecular flexibility index (Phi) is 7.47. The number of urea groups is 2. The van der Waals surface area contributed by atoms with Crippen molar-refractivity contribution in [3.8, 4) is 0 Å². The van der Waals surface area contributed by atoms with Crippen LogP contribution >= 0.6 is 0 Å². The van der Waals surface area contributed by atoms with Crippen molar-refractivity contribution in [3.05, 3.63) is 59.7 Å². The molecule has 8 nitrogen and oxygen atoms in total. The van der Waals surface area contributed by atoms with E-state index in [0.29, 0.717) is 11.4 Å². The molecule has 2 aliphatic rings. The van der Waals surface area contributed by atoms with E-state index in [0.717, 1.165) is 56.1 Å². The molecule has 33 heavy (non-hydrogen) atoms. The summed E-state index contributed by atoms with van der Waals surface area (Å²) in [7, 11) is 0. The van der Waals surface area contributed by atoms with Crippen molar-refractivity contribution >= 4 is 23.4 Å². The van der Waals surface area contributed by atoms with Crippen LogP contribution in [-0.2, 0) is 6.42 Å². The van der Waals surface area contributed by atoms with Crippen LogP contribution in [0.5, 0.6) is 0 Å². The number of rotatable bonds is 6. The third-order valence-corrected chi connectivity index (χ3v) is 6.42. The topological polar surface area (TPSA) is 123 Å². The molecule has 0 aromatic heterocycles. The molecule has 8 heteroatoms. The van der Waals surface area contributed by atoms with E-state index in [1.54, 1.807) is 0 Å². The molecule has 2 fully saturated rings. The number of hydrogen-bond donors (Lipinski definition) is 6. The van der Waals surface area contributed by atoms with Crippen LogP contribution in [0.25, 0.3) is 0 Å². The zero-order valence-corrected chi connectivity index (χ0v) is 18.6. The fraction of sp³-hybridized carbons (Fsp3) is 0.440. The molecule has 0 spiro atoms. The van der Waals surface area contributed by atoms with Crippen molar-refractivity contribution in [1.82, 2.24) is 10.6 Å². The summed E-state index contributed by atoms with van der Waals surface area (Å²) in [6.07, 6.45) is 4.71. The first kappa shape index (κ1) is 23.1. The molecule has 2 aromatic rings. The van der Waals surface area contributed by atoms with Crippen molar-refractivity contribution < 1.29 is 19.8 Å². The summed E-state index contributed by atoms with van der Waals surface area (Å²) in [5.41, 5.74) is 3.59. The Labute approximate surface area is 193 Å². The highest BCUT2D eigenvalue weighted by molar-refractivity contribution is 5.90. The SMILES string of the molecule is O=C(Nc1ccc(Cc2ccc(NC(=O)N[C@@H]3CCC[C@@H]3O)cc2)cc1)N[C@@H]1CCC[C@H]1O. The molecule has 0 bridgehead atoms. The van der Waals surface area contributed by atoms with Crippen molar-refractivity contribution in [3.63, 3.8) is 0 Å². The smallest absolute Gasteiger partial charge is 0.319 e. The van der Waals surface area contributed by atoms with Crippen LogP contribution in [0.4, 0.5) is 21.0 Å². The van der Waals surface area contributed by atoms with Gasteiger partial charge in [0, 0.05) is 11.4 Å². The molecule has 0 radical (unpaired) electrons. The maximum absolute atomic E-state index is 12.1. The number of aliphatic hydroxyl groups excluding tert-OH is 2. The lowest BCUT2D eigenvalue weighted by Crippen LogP contribution is -2.42. The highest BCUT2D eigenvalue weighted by Crippen LogP contribution is 2.20. The molecular weight excluding hydrogens is 420 g/mol. The van der Waals surface area contributed by atoms with Gasteiger partial charge in [0.2, 0.25) is 0 Å². The predicted octanol–water partition coefficient (Wildman–Crippen LogP) is 3.35. The van der Waals surface area contributed by atoms with Gasteiger partial charge in [-0.1, -0.05) is 24.3 Å². The number of anilines is 2. The first-order valence-corrected chi connectivity index (χ1v) is 11.7. The standard InChI is InChI=1S/C25H32N4O4/c30-22-5-1-3-20(22)28-24(32)26-18-11-7-16(8-12-18)15-17-9-13-19(14-10-17)27-25(33)29-21-4-2-6-23(21)31/h7-14,20-23,30-31H,1-6,15H2,(H2,26,28,32)(H2,27,29,33)/t20-,21-,22-,23+/m1/s1. The van der Waals surface area contributed by atoms with Gasteiger partial charge in [-0.25, -0.2) is 9.59 Å². The monoisotopic (exact) mass is 452 g/mol. The van der Waals surface area contributed by atoms with Crippen LogP contribution in [-0.4, -0.2) is 46.6 Å². The summed E-state index contributed by atoms with van der Waals surface area (Å²) in [6, 6.07) is 14.3. The fourth-order valence-corrected chi connectivity index (χ4v) is 4.54. The minimum atomic E-state index is -0.464. The molecule has 2 aromatic carbocycles. The molecule has 0 unspecified atom stereocenters. The minimum Gasteiger partial charge on any atom is -0.391 e. The first-order valence-electron chi connectivity index (χ1n) is 11.7. The van der Waals surface area contributed by atoms with Gasteiger partial charge >= 0.3 is 12.1 Å². The average Bonchev–Trinajstić information content (AvgIpc) is 3.38. The maximum Gasteiger partial charge on any atom is 0.319 e. The van der Waals surface area contributed by atoms with Gasteiger partial charge in [0.25, 0.3) is 0 Å². The van der Waals surface area contributed by atoms with E-state index in [1.807, 2.05) is 48.5 Å². The number of hydrogen-bond acceptors (Lipinski definition) is 4. The number of nitrogens with one attached hydrogen (secondary N) is 4. The highest BCUT2D eigenvalue weighted by atomic mass is 16.3. The van der Waals surface area contributed by atoms with E-state index in [1.165, 1.54) is 0 Å². The van der Waals surface area contributed by atoms with Crippen LogP contribution in [0.1, 0.15) is 49.7 Å². The molecule has 4 amide bonds. The maximum atomic E-state index is 12.1. The Morgan fingerprint density at radius 1 is 0.667 bits per heavy atom. The van der Waals surface area contributed by atoms with E-state index in [4.69, 9.17) is 0 Å². The number of carbonyl (C=O) groups is 2. The molecule has 2 saturated carbocycles. The second-order valence-corrected chi connectivity index (χ2v) is 8.98. The zero-order chi connectivity index (χ0) is 23.2. The highest BCUT2D eigenvalue weighted by Gasteiger charge is 2.27. The second-order valence-electron chi connectivity index (χ2n) is 8.98. The lowest BCUT2D eigenvalue weighted by Gasteiger charge is -2.17. The van der Waals surface area contributed by atoms with Crippen LogP contribution in [0.3, 0.4) is 0 Å². The van der Waals surface area contributed by atoms with Gasteiger partial charge < -0.3 is 31.5 Å². The van der Waals surface area contributed by atoms with Crippen LogP contribution < -0.4 is 21.3 Å². The number of aliphatic hydroxyl groups is 2. The van der Waals surface area contributed by atoms with Gasteiger partial charge in [-0.3, -0.25) is 0 Å². The van der Waals surface area contributed by atoms with E-state index >= 15 is 0 Å². The van der Waals surface area contributed by atoms with E-state index in [9.17, 15) is 19.8 Å². The lowest BCUT2D eigenvalue weighted by molar-refractivity contribution is 0.151. The van der Waals surface area contributed by atoms with E-state index < -0.39 is 12.2 Å². The van der Waals surface area contributed by atoms with Crippen LogP contribution in [0.2, 0.25) is 0 Å². The summed E-state index contributed by atoms with van der Waals surface area (Å²) in [6.45, 7) is 0. The molecule has 176 valence electrons. The Hall–Kier alpha value is -3.10. The third kappa shape index (κ3) is 6.46. The Bertz CT molecular complexity index is 870. The van der Waals surface area contributed by atoms with Crippen LogP contribution in [0, 0.1) is 0 Å². The van der Waals surface area contributed by atoms with Crippen molar-refractivity contribution in [2.24, 2.45) is 0 Å². The van der Waals surface area contributed by atoms with Gasteiger partial charge in [-0.15, -0.1) is 0 Å². The van der Waals surface area contributed by atoms with Crippen molar-refractivity contribution in [2.45, 2.75) is 69.2 Å². The Morgan fingerprint density at radius 2 is 1.06 bits per heavy atom. The fourth-order valence-electron chi connectivity index (χ4n) is 4.54. The largest absolute Gasteiger partial charge is 0.391 e. The van der Waals surface area contributed by atoms with E-state index in [-0.39, 0.29) is 24.1 Å². The molecule has 4 rings (SSSR count).